The zero-order valence-corrected chi connectivity index (χ0v) is 20.1. The van der Waals surface area contributed by atoms with Gasteiger partial charge in [0.25, 0.3) is 11.8 Å². The number of amides is 3. The van der Waals surface area contributed by atoms with Crippen LogP contribution < -0.4 is 20.3 Å². The topological polar surface area (TPSA) is 111 Å². The molecule has 3 aliphatic heterocycles. The Kier molecular flexibility index (Phi) is 5.28. The molecule has 184 valence electrons. The van der Waals surface area contributed by atoms with E-state index in [0.29, 0.717) is 42.9 Å². The maximum Gasteiger partial charge on any atom is 0.277 e. The molecular weight excluding hydrogens is 458 g/mol. The SMILES string of the molecule is C[C@H]1Cc2cc(-n3nc(C(N)=O)c4c3C(=O)N(c3ccc(N5CCCCC5=O)cc3)CC4)ccc2O1. The molecule has 0 bridgehead atoms. The third-order valence-corrected chi connectivity index (χ3v) is 7.17. The molecule has 3 aromatic rings. The van der Waals surface area contributed by atoms with Crippen molar-refractivity contribution in [1.82, 2.24) is 9.78 Å². The van der Waals surface area contributed by atoms with Gasteiger partial charge in [-0.15, -0.1) is 0 Å². The molecule has 3 amide bonds. The van der Waals surface area contributed by atoms with Crippen LogP contribution in [0.1, 0.15) is 58.3 Å². The lowest BCUT2D eigenvalue weighted by atomic mass is 10.0. The number of hydrogen-bond donors (Lipinski definition) is 1. The highest BCUT2D eigenvalue weighted by molar-refractivity contribution is 6.09. The zero-order valence-electron chi connectivity index (χ0n) is 20.1. The fourth-order valence-corrected chi connectivity index (χ4v) is 5.42. The summed E-state index contributed by atoms with van der Waals surface area (Å²) in [7, 11) is 0. The van der Waals surface area contributed by atoms with Crippen molar-refractivity contribution in [2.24, 2.45) is 5.73 Å². The van der Waals surface area contributed by atoms with Gasteiger partial charge in [-0.2, -0.15) is 5.10 Å². The number of rotatable bonds is 4. The highest BCUT2D eigenvalue weighted by atomic mass is 16.5. The van der Waals surface area contributed by atoms with Gasteiger partial charge in [0.1, 0.15) is 17.5 Å². The van der Waals surface area contributed by atoms with Gasteiger partial charge in [-0.25, -0.2) is 4.68 Å². The largest absolute Gasteiger partial charge is 0.490 e. The van der Waals surface area contributed by atoms with Crippen molar-refractivity contribution >= 4 is 29.1 Å². The molecule has 0 spiro atoms. The summed E-state index contributed by atoms with van der Waals surface area (Å²) in [4.78, 5) is 41.8. The lowest BCUT2D eigenvalue weighted by molar-refractivity contribution is -0.119. The number of nitrogens with zero attached hydrogens (tertiary/aromatic N) is 4. The van der Waals surface area contributed by atoms with E-state index in [2.05, 4.69) is 5.10 Å². The van der Waals surface area contributed by atoms with E-state index in [0.717, 1.165) is 42.0 Å². The molecule has 9 heteroatoms. The normalized spacial score (nSPS) is 19.2. The van der Waals surface area contributed by atoms with E-state index in [9.17, 15) is 14.4 Å². The van der Waals surface area contributed by atoms with E-state index < -0.39 is 5.91 Å². The van der Waals surface area contributed by atoms with Crippen molar-refractivity contribution in [2.45, 2.75) is 45.1 Å². The van der Waals surface area contributed by atoms with E-state index in [1.54, 1.807) is 9.80 Å². The fraction of sp³-hybridized carbons (Fsp3) is 0.333. The molecule has 6 rings (SSSR count). The van der Waals surface area contributed by atoms with Crippen molar-refractivity contribution in [3.05, 3.63) is 65.0 Å². The van der Waals surface area contributed by atoms with Crippen LogP contribution in [0.4, 0.5) is 11.4 Å². The molecule has 2 N–H and O–H groups in total. The van der Waals surface area contributed by atoms with Crippen LogP contribution in [-0.4, -0.2) is 46.7 Å². The summed E-state index contributed by atoms with van der Waals surface area (Å²) in [5.41, 5.74) is 9.96. The lowest BCUT2D eigenvalue weighted by Crippen LogP contribution is -2.39. The Morgan fingerprint density at radius 1 is 0.972 bits per heavy atom. The van der Waals surface area contributed by atoms with Crippen LogP contribution in [0.2, 0.25) is 0 Å². The van der Waals surface area contributed by atoms with E-state index in [1.165, 1.54) is 4.68 Å². The van der Waals surface area contributed by atoms with Gasteiger partial charge < -0.3 is 20.3 Å². The van der Waals surface area contributed by atoms with E-state index in [4.69, 9.17) is 10.5 Å². The van der Waals surface area contributed by atoms with Crippen LogP contribution in [0.3, 0.4) is 0 Å². The van der Waals surface area contributed by atoms with Gasteiger partial charge in [0.05, 0.1) is 5.69 Å². The summed E-state index contributed by atoms with van der Waals surface area (Å²) in [6.45, 7) is 3.12. The van der Waals surface area contributed by atoms with Crippen molar-refractivity contribution in [2.75, 3.05) is 22.9 Å². The molecule has 1 fully saturated rings. The van der Waals surface area contributed by atoms with Gasteiger partial charge in [-0.05, 0) is 74.2 Å². The monoisotopic (exact) mass is 485 g/mol. The Bertz CT molecular complexity index is 1390. The fourth-order valence-electron chi connectivity index (χ4n) is 5.42. The molecule has 4 heterocycles. The van der Waals surface area contributed by atoms with E-state index in [1.807, 2.05) is 49.4 Å². The number of piperidine rings is 1. The number of hydrogen-bond acceptors (Lipinski definition) is 5. The lowest BCUT2D eigenvalue weighted by Gasteiger charge is -2.29. The number of fused-ring (bicyclic) bond motifs is 2. The average Bonchev–Trinajstić information content (AvgIpc) is 3.45. The highest BCUT2D eigenvalue weighted by Crippen LogP contribution is 2.34. The Hall–Kier alpha value is -4.14. The summed E-state index contributed by atoms with van der Waals surface area (Å²) in [5.74, 6) is 0.0513. The third-order valence-electron chi connectivity index (χ3n) is 7.17. The van der Waals surface area contributed by atoms with Crippen LogP contribution in [0.25, 0.3) is 5.69 Å². The number of carbonyl (C=O) groups excluding carboxylic acids is 3. The Balaban J connectivity index is 1.35. The molecule has 1 atom stereocenters. The zero-order chi connectivity index (χ0) is 25.0. The first-order valence-corrected chi connectivity index (χ1v) is 12.3. The molecule has 0 aliphatic carbocycles. The van der Waals surface area contributed by atoms with Gasteiger partial charge in [-0.3, -0.25) is 14.4 Å². The maximum absolute atomic E-state index is 13.8. The third kappa shape index (κ3) is 3.62. The summed E-state index contributed by atoms with van der Waals surface area (Å²) in [5, 5.41) is 4.48. The van der Waals surface area contributed by atoms with E-state index >= 15 is 0 Å². The maximum atomic E-state index is 13.8. The summed E-state index contributed by atoms with van der Waals surface area (Å²) < 4.78 is 7.34. The average molecular weight is 486 g/mol. The smallest absolute Gasteiger partial charge is 0.277 e. The predicted molar refractivity (Wildman–Crippen MR) is 134 cm³/mol. The molecule has 0 radical (unpaired) electrons. The Labute approximate surface area is 208 Å². The highest BCUT2D eigenvalue weighted by Gasteiger charge is 2.35. The first-order valence-electron chi connectivity index (χ1n) is 12.3. The van der Waals surface area contributed by atoms with Crippen LogP contribution in [-0.2, 0) is 17.6 Å². The number of nitrogens with two attached hydrogens (primary N) is 1. The van der Waals surface area contributed by atoms with Gasteiger partial charge in [0.2, 0.25) is 5.91 Å². The number of benzene rings is 2. The molecule has 2 aromatic carbocycles. The quantitative estimate of drug-likeness (QED) is 0.611. The number of aromatic nitrogens is 2. The number of carbonyl (C=O) groups is 3. The standard InChI is InChI=1S/C27H27N5O4/c1-16-14-17-15-20(9-10-22(17)36-16)32-25-21(24(29-32)26(28)34)11-13-31(27(25)35)19-7-5-18(6-8-19)30-12-3-2-4-23(30)33/h5-10,15-16H,2-4,11-14H2,1H3,(H2,28,34)/t16-/m0/s1. The van der Waals surface area contributed by atoms with Gasteiger partial charge in [0, 0.05) is 42.9 Å². The van der Waals surface area contributed by atoms with Crippen LogP contribution >= 0.6 is 0 Å². The molecule has 3 aliphatic rings. The van der Waals surface area contributed by atoms with Crippen molar-refractivity contribution < 1.29 is 19.1 Å². The molecule has 0 unspecified atom stereocenters. The second-order valence-corrected chi connectivity index (χ2v) is 9.60. The van der Waals surface area contributed by atoms with Gasteiger partial charge in [0.15, 0.2) is 5.69 Å². The second kappa shape index (κ2) is 8.51. The molecule has 36 heavy (non-hydrogen) atoms. The number of ether oxygens (including phenoxy) is 1. The number of primary amides is 1. The van der Waals surface area contributed by atoms with Crippen molar-refractivity contribution in [3.63, 3.8) is 0 Å². The first kappa shape index (κ1) is 22.3. The van der Waals surface area contributed by atoms with Crippen molar-refractivity contribution in [3.8, 4) is 11.4 Å². The van der Waals surface area contributed by atoms with Crippen LogP contribution in [0.5, 0.6) is 5.75 Å². The summed E-state index contributed by atoms with van der Waals surface area (Å²) in [6.07, 6.45) is 3.78. The first-order chi connectivity index (χ1) is 17.4. The van der Waals surface area contributed by atoms with Crippen LogP contribution in [0.15, 0.2) is 42.5 Å². The summed E-state index contributed by atoms with van der Waals surface area (Å²) >= 11 is 0. The Morgan fingerprint density at radius 2 is 1.69 bits per heavy atom. The Morgan fingerprint density at radius 3 is 2.42 bits per heavy atom. The molecule has 1 saturated heterocycles. The molecular formula is C27H27N5O4. The minimum atomic E-state index is -0.653. The predicted octanol–water partition coefficient (Wildman–Crippen LogP) is 3.01. The molecule has 0 saturated carbocycles. The van der Waals surface area contributed by atoms with Crippen LogP contribution in [0, 0.1) is 0 Å². The second-order valence-electron chi connectivity index (χ2n) is 9.60. The minimum absolute atomic E-state index is 0.0864. The molecule has 9 nitrogen and oxygen atoms in total. The van der Waals surface area contributed by atoms with Gasteiger partial charge >= 0.3 is 0 Å². The molecule has 1 aromatic heterocycles. The number of anilines is 2. The minimum Gasteiger partial charge on any atom is -0.490 e. The van der Waals surface area contributed by atoms with Gasteiger partial charge in [-0.1, -0.05) is 0 Å². The van der Waals surface area contributed by atoms with Crippen molar-refractivity contribution in [1.29, 1.82) is 0 Å². The van der Waals surface area contributed by atoms with E-state index in [-0.39, 0.29) is 23.6 Å². The summed E-state index contributed by atoms with van der Waals surface area (Å²) in [6, 6.07) is 13.2.